The Kier molecular flexibility index (Phi) is 5.59. The molecule has 1 aliphatic carbocycles. The molecule has 3 N–H and O–H groups in total. The molecule has 1 fully saturated rings. The molecule has 0 saturated heterocycles. The number of aromatic hydroxyl groups is 1. The highest BCUT2D eigenvalue weighted by molar-refractivity contribution is 5.68. The highest BCUT2D eigenvalue weighted by Crippen LogP contribution is 2.30. The van der Waals surface area contributed by atoms with Crippen LogP contribution in [0.15, 0.2) is 18.2 Å². The SMILES string of the molecule is COc1ccc(C(C)NC2CC(NC(=O)OC(C)(C)C)C2)c(O)c1. The van der Waals surface area contributed by atoms with Gasteiger partial charge in [0.1, 0.15) is 17.1 Å². The second-order valence-corrected chi connectivity index (χ2v) is 7.32. The molecule has 0 radical (unpaired) electrons. The number of amides is 1. The van der Waals surface area contributed by atoms with Crippen molar-refractivity contribution in [1.82, 2.24) is 10.6 Å². The maximum Gasteiger partial charge on any atom is 0.407 e. The summed E-state index contributed by atoms with van der Waals surface area (Å²) in [5, 5.41) is 16.4. The van der Waals surface area contributed by atoms with E-state index < -0.39 is 5.60 Å². The molecule has 1 aromatic rings. The number of nitrogens with one attached hydrogen (secondary N) is 2. The fourth-order valence-electron chi connectivity index (χ4n) is 2.81. The van der Waals surface area contributed by atoms with Crippen LogP contribution in [0.3, 0.4) is 0 Å². The molecule has 1 aromatic carbocycles. The van der Waals surface area contributed by atoms with Crippen molar-refractivity contribution in [2.24, 2.45) is 0 Å². The number of alkyl carbamates (subject to hydrolysis) is 1. The van der Waals surface area contributed by atoms with E-state index in [4.69, 9.17) is 9.47 Å². The lowest BCUT2D eigenvalue weighted by Gasteiger charge is -2.38. The van der Waals surface area contributed by atoms with Crippen LogP contribution in [0, 0.1) is 0 Å². The summed E-state index contributed by atoms with van der Waals surface area (Å²) < 4.78 is 10.3. The fraction of sp³-hybridized carbons (Fsp3) is 0.611. The van der Waals surface area contributed by atoms with Crippen molar-refractivity contribution in [2.45, 2.75) is 64.3 Å². The van der Waals surface area contributed by atoms with Gasteiger partial charge in [-0.15, -0.1) is 0 Å². The van der Waals surface area contributed by atoms with Gasteiger partial charge in [0, 0.05) is 29.8 Å². The zero-order valence-electron chi connectivity index (χ0n) is 15.1. The minimum atomic E-state index is -0.480. The van der Waals surface area contributed by atoms with Gasteiger partial charge in [0.15, 0.2) is 0 Å². The average molecular weight is 336 g/mol. The third-order valence-electron chi connectivity index (χ3n) is 4.05. The second kappa shape index (κ2) is 7.30. The highest BCUT2D eigenvalue weighted by atomic mass is 16.6. The van der Waals surface area contributed by atoms with E-state index in [0.29, 0.717) is 11.8 Å². The first-order valence-electron chi connectivity index (χ1n) is 8.30. The molecule has 1 unspecified atom stereocenters. The van der Waals surface area contributed by atoms with E-state index in [9.17, 15) is 9.90 Å². The third kappa shape index (κ3) is 5.03. The van der Waals surface area contributed by atoms with E-state index in [0.717, 1.165) is 18.4 Å². The zero-order valence-corrected chi connectivity index (χ0v) is 15.1. The molecule has 1 aliphatic rings. The summed E-state index contributed by atoms with van der Waals surface area (Å²) in [6, 6.07) is 5.77. The molecule has 0 aromatic heterocycles. The van der Waals surface area contributed by atoms with Crippen LogP contribution in [0.5, 0.6) is 11.5 Å². The Morgan fingerprint density at radius 2 is 1.96 bits per heavy atom. The Balaban J connectivity index is 1.78. The highest BCUT2D eigenvalue weighted by Gasteiger charge is 2.32. The summed E-state index contributed by atoms with van der Waals surface area (Å²) in [4.78, 5) is 11.7. The van der Waals surface area contributed by atoms with Crippen LogP contribution in [0.25, 0.3) is 0 Å². The minimum Gasteiger partial charge on any atom is -0.507 e. The van der Waals surface area contributed by atoms with Gasteiger partial charge in [0.25, 0.3) is 0 Å². The molecule has 1 amide bonds. The fourth-order valence-corrected chi connectivity index (χ4v) is 2.81. The maximum atomic E-state index is 11.7. The summed E-state index contributed by atoms with van der Waals surface area (Å²) in [6.07, 6.45) is 1.33. The van der Waals surface area contributed by atoms with E-state index in [1.165, 1.54) is 0 Å². The van der Waals surface area contributed by atoms with E-state index in [2.05, 4.69) is 10.6 Å². The predicted molar refractivity (Wildman–Crippen MR) is 92.4 cm³/mol. The molecule has 2 rings (SSSR count). The summed E-state index contributed by atoms with van der Waals surface area (Å²) >= 11 is 0. The molecular weight excluding hydrogens is 308 g/mol. The van der Waals surface area contributed by atoms with Crippen molar-refractivity contribution >= 4 is 6.09 Å². The van der Waals surface area contributed by atoms with Gasteiger partial charge >= 0.3 is 6.09 Å². The number of carbonyl (C=O) groups is 1. The quantitative estimate of drug-likeness (QED) is 0.770. The number of carbonyl (C=O) groups excluding carboxylic acids is 1. The first-order valence-corrected chi connectivity index (χ1v) is 8.30. The van der Waals surface area contributed by atoms with Crippen molar-refractivity contribution in [3.8, 4) is 11.5 Å². The van der Waals surface area contributed by atoms with E-state index in [1.807, 2.05) is 39.8 Å². The van der Waals surface area contributed by atoms with Crippen molar-refractivity contribution in [2.75, 3.05) is 7.11 Å². The van der Waals surface area contributed by atoms with Crippen molar-refractivity contribution in [3.63, 3.8) is 0 Å². The summed E-state index contributed by atoms with van der Waals surface area (Å²) in [5.41, 5.74) is 0.352. The Bertz CT molecular complexity index is 577. The standard InChI is InChI=1S/C18H28N2O4/c1-11(15-7-6-14(23-5)10-16(15)21)19-12-8-13(9-12)20-17(22)24-18(2,3)4/h6-7,10-13,19,21H,8-9H2,1-5H3,(H,20,22). The number of hydrogen-bond acceptors (Lipinski definition) is 5. The number of ether oxygens (including phenoxy) is 2. The van der Waals surface area contributed by atoms with Gasteiger partial charge in [-0.3, -0.25) is 0 Å². The van der Waals surface area contributed by atoms with Crippen LogP contribution >= 0.6 is 0 Å². The van der Waals surface area contributed by atoms with Crippen molar-refractivity contribution in [3.05, 3.63) is 23.8 Å². The topological polar surface area (TPSA) is 79.8 Å². The third-order valence-corrected chi connectivity index (χ3v) is 4.05. The van der Waals surface area contributed by atoms with E-state index in [1.54, 1.807) is 13.2 Å². The molecule has 6 nitrogen and oxygen atoms in total. The Hall–Kier alpha value is -1.95. The molecule has 0 heterocycles. The number of phenols is 1. The van der Waals surface area contributed by atoms with Crippen LogP contribution < -0.4 is 15.4 Å². The molecule has 0 spiro atoms. The minimum absolute atomic E-state index is 0.0170. The predicted octanol–water partition coefficient (Wildman–Crippen LogP) is 3.11. The van der Waals surface area contributed by atoms with Gasteiger partial charge in [-0.2, -0.15) is 0 Å². The van der Waals surface area contributed by atoms with E-state index in [-0.39, 0.29) is 23.9 Å². The van der Waals surface area contributed by atoms with Crippen LogP contribution in [0.4, 0.5) is 4.79 Å². The number of rotatable bonds is 5. The molecule has 1 atom stereocenters. The van der Waals surface area contributed by atoms with Gasteiger partial charge in [0.05, 0.1) is 7.11 Å². The second-order valence-electron chi connectivity index (χ2n) is 7.32. The zero-order chi connectivity index (χ0) is 17.9. The van der Waals surface area contributed by atoms with Crippen LogP contribution in [0.2, 0.25) is 0 Å². The Morgan fingerprint density at radius 3 is 2.50 bits per heavy atom. The smallest absolute Gasteiger partial charge is 0.407 e. The molecule has 0 aliphatic heterocycles. The number of methoxy groups -OCH3 is 1. The molecule has 6 heteroatoms. The lowest BCUT2D eigenvalue weighted by atomic mass is 9.86. The maximum absolute atomic E-state index is 11.7. The largest absolute Gasteiger partial charge is 0.507 e. The normalized spacial score (nSPS) is 21.5. The van der Waals surface area contributed by atoms with Gasteiger partial charge in [-0.25, -0.2) is 4.79 Å². The number of benzene rings is 1. The average Bonchev–Trinajstić information content (AvgIpc) is 2.42. The number of hydrogen-bond donors (Lipinski definition) is 3. The first-order chi connectivity index (χ1) is 11.2. The Labute approximate surface area is 143 Å². The van der Waals surface area contributed by atoms with Crippen LogP contribution in [0.1, 0.15) is 52.1 Å². The van der Waals surface area contributed by atoms with Crippen LogP contribution in [-0.4, -0.2) is 36.0 Å². The van der Waals surface area contributed by atoms with Gasteiger partial charge in [0.2, 0.25) is 0 Å². The molecular formula is C18H28N2O4. The monoisotopic (exact) mass is 336 g/mol. The lowest BCUT2D eigenvalue weighted by molar-refractivity contribution is 0.0463. The summed E-state index contributed by atoms with van der Waals surface area (Å²) in [5.74, 6) is 0.853. The lowest BCUT2D eigenvalue weighted by Crippen LogP contribution is -2.53. The van der Waals surface area contributed by atoms with Gasteiger partial charge in [-0.05, 0) is 46.6 Å². The summed E-state index contributed by atoms with van der Waals surface area (Å²) in [7, 11) is 1.57. The van der Waals surface area contributed by atoms with Gasteiger partial charge < -0.3 is 25.2 Å². The van der Waals surface area contributed by atoms with E-state index >= 15 is 0 Å². The molecule has 0 bridgehead atoms. The van der Waals surface area contributed by atoms with Crippen molar-refractivity contribution < 1.29 is 19.4 Å². The summed E-state index contributed by atoms with van der Waals surface area (Å²) in [6.45, 7) is 7.55. The molecule has 24 heavy (non-hydrogen) atoms. The Morgan fingerprint density at radius 1 is 1.29 bits per heavy atom. The van der Waals surface area contributed by atoms with Gasteiger partial charge in [-0.1, -0.05) is 6.07 Å². The molecule has 1 saturated carbocycles. The first kappa shape index (κ1) is 18.4. The number of phenolic OH excluding ortho intramolecular Hbond substituents is 1. The molecule has 134 valence electrons. The van der Waals surface area contributed by atoms with Crippen LogP contribution in [-0.2, 0) is 4.74 Å². The van der Waals surface area contributed by atoms with Crippen molar-refractivity contribution in [1.29, 1.82) is 0 Å².